The Morgan fingerprint density at radius 1 is 0.962 bits per heavy atom. The number of likely N-dealkylation sites (N-methyl/N-ethyl adjacent to an activating group) is 1. The predicted molar refractivity (Wildman–Crippen MR) is 210 cm³/mol. The molecule has 2 saturated carbocycles. The highest BCUT2D eigenvalue weighted by atomic mass is 19.1. The van der Waals surface area contributed by atoms with Gasteiger partial charge < -0.3 is 4.90 Å². The largest absolute Gasteiger partial charge is 0.337 e. The van der Waals surface area contributed by atoms with Gasteiger partial charge in [0, 0.05) is 45.8 Å². The van der Waals surface area contributed by atoms with Crippen LogP contribution in [0.15, 0.2) is 70.4 Å². The number of rotatable bonds is 10. The molecule has 3 aliphatic rings. The molecule has 0 bridgehead atoms. The first-order valence-corrected chi connectivity index (χ1v) is 19.4. The van der Waals surface area contributed by atoms with Crippen LogP contribution in [0, 0.1) is 11.7 Å². The minimum atomic E-state index is -0.590. The Labute approximate surface area is 312 Å². The van der Waals surface area contributed by atoms with Crippen molar-refractivity contribution in [2.75, 3.05) is 46.8 Å². The summed E-state index contributed by atoms with van der Waals surface area (Å²) in [7, 11) is 3.75. The van der Waals surface area contributed by atoms with Crippen LogP contribution >= 0.6 is 0 Å². The Morgan fingerprint density at radius 2 is 1.68 bits per heavy atom. The van der Waals surface area contributed by atoms with Gasteiger partial charge in [0.05, 0.1) is 22.8 Å². The Bertz CT molecular complexity index is 2000. The molecule has 2 atom stereocenters. The summed E-state index contributed by atoms with van der Waals surface area (Å²) >= 11 is 0. The molecule has 2 aliphatic carbocycles. The van der Waals surface area contributed by atoms with E-state index in [2.05, 4.69) is 58.3 Å². The lowest BCUT2D eigenvalue weighted by molar-refractivity contribution is -0.124. The Hall–Kier alpha value is -4.03. The molecule has 4 aromatic rings. The van der Waals surface area contributed by atoms with Crippen LogP contribution < -0.4 is 16.7 Å². The summed E-state index contributed by atoms with van der Waals surface area (Å²) in [6.07, 6.45) is 8.78. The van der Waals surface area contributed by atoms with Gasteiger partial charge in [-0.15, -0.1) is 0 Å². The zero-order valence-electron chi connectivity index (χ0n) is 32.1. The normalized spacial score (nSPS) is 20.5. The maximum atomic E-state index is 14.4. The number of fused-ring (bicyclic) bond motifs is 1. The van der Waals surface area contributed by atoms with Crippen LogP contribution in [0.1, 0.15) is 83.7 Å². The van der Waals surface area contributed by atoms with E-state index in [1.165, 1.54) is 33.7 Å². The summed E-state index contributed by atoms with van der Waals surface area (Å²) in [6, 6.07) is 17.4. The molecule has 1 saturated heterocycles. The number of hydrogen-bond donors (Lipinski definition) is 1. The monoisotopic (exact) mass is 725 g/mol. The molecule has 0 amide bonds. The van der Waals surface area contributed by atoms with Gasteiger partial charge in [-0.3, -0.25) is 24.5 Å². The number of ketones is 1. The molecule has 1 aliphatic heterocycles. The number of nitrogens with zero attached hydrogens (tertiary/aromatic N) is 6. The minimum Gasteiger partial charge on any atom is -0.301 e. The average molecular weight is 726 g/mol. The smallest absolute Gasteiger partial charge is 0.301 e. The highest BCUT2D eigenvalue weighted by molar-refractivity contribution is 5.89. The summed E-state index contributed by atoms with van der Waals surface area (Å²) in [5, 5.41) is 2.03. The third kappa shape index (κ3) is 8.70. The quantitative estimate of drug-likeness (QED) is 0.153. The number of hydrazine groups is 1. The van der Waals surface area contributed by atoms with Crippen LogP contribution in [0.25, 0.3) is 27.8 Å². The molecule has 3 heterocycles. The molecule has 2 unspecified atom stereocenters. The summed E-state index contributed by atoms with van der Waals surface area (Å²) in [6.45, 7) is 12.7. The van der Waals surface area contributed by atoms with Gasteiger partial charge in [-0.05, 0) is 99.8 Å². The van der Waals surface area contributed by atoms with Crippen molar-refractivity contribution < 1.29 is 9.18 Å². The van der Waals surface area contributed by atoms with Crippen molar-refractivity contribution in [2.45, 2.75) is 90.3 Å². The fourth-order valence-electron chi connectivity index (χ4n) is 8.09. The third-order valence-electron chi connectivity index (χ3n) is 11.6. The number of benzene rings is 2. The Balaban J connectivity index is 0.000000417. The van der Waals surface area contributed by atoms with E-state index < -0.39 is 17.1 Å². The van der Waals surface area contributed by atoms with Gasteiger partial charge in [-0.2, -0.15) is 0 Å². The van der Waals surface area contributed by atoms with Crippen molar-refractivity contribution in [2.24, 2.45) is 5.92 Å². The van der Waals surface area contributed by atoms with Crippen molar-refractivity contribution in [3.8, 4) is 16.8 Å². The van der Waals surface area contributed by atoms with Crippen molar-refractivity contribution in [3.05, 3.63) is 93.0 Å². The molecule has 10 nitrogen and oxygen atoms in total. The van der Waals surface area contributed by atoms with Crippen LogP contribution in [0.4, 0.5) is 4.39 Å². The van der Waals surface area contributed by atoms with Crippen molar-refractivity contribution in [3.63, 3.8) is 0 Å². The zero-order chi connectivity index (χ0) is 37.7. The van der Waals surface area contributed by atoms with Crippen LogP contribution in [-0.4, -0.2) is 87.1 Å². The molecule has 7 rings (SSSR count). The van der Waals surface area contributed by atoms with Gasteiger partial charge in [-0.1, -0.05) is 63.1 Å². The van der Waals surface area contributed by atoms with E-state index in [0.717, 1.165) is 95.0 Å². The summed E-state index contributed by atoms with van der Waals surface area (Å²) in [5.41, 5.74) is 6.00. The number of carbonyl (C=O) groups excluding carboxylic acids is 1. The molecule has 284 valence electrons. The number of carbonyl (C=O) groups is 1. The standard InChI is InChI=1S/C35H42FN5O2.C7H14N2O/c1-3-16-38-17-19-39(20-18-38)24-26-11-13-27(14-12-26)28-7-5-9-31(21-28)40-33-32(22-29(36)23-37-33)34(42)41(35(40)43)30-8-4-6-25(2)10-15-30;1-6(10)7(4-5-7)9(3)8-2/h5,7,9,11-14,21-23,25,30H,3-4,6,8,10,15-20,24H2,1-2H3;8H,4-5H2,1-3H3. The summed E-state index contributed by atoms with van der Waals surface area (Å²) < 4.78 is 17.2. The Kier molecular flexibility index (Phi) is 12.4. The number of piperazine rings is 1. The molecule has 53 heavy (non-hydrogen) atoms. The van der Waals surface area contributed by atoms with Gasteiger partial charge >= 0.3 is 5.69 Å². The Morgan fingerprint density at radius 3 is 2.32 bits per heavy atom. The predicted octanol–water partition coefficient (Wildman–Crippen LogP) is 6.20. The van der Waals surface area contributed by atoms with Crippen LogP contribution in [0.3, 0.4) is 0 Å². The summed E-state index contributed by atoms with van der Waals surface area (Å²) in [4.78, 5) is 48.1. The van der Waals surface area contributed by atoms with Gasteiger partial charge in [0.25, 0.3) is 5.56 Å². The topological polar surface area (TPSA) is 95.7 Å². The fraction of sp³-hybridized carbons (Fsp3) is 0.524. The molecular formula is C42H56FN7O3. The van der Waals surface area contributed by atoms with E-state index in [0.29, 0.717) is 11.6 Å². The highest BCUT2D eigenvalue weighted by Gasteiger charge is 2.50. The second-order valence-electron chi connectivity index (χ2n) is 15.3. The minimum absolute atomic E-state index is 0.127. The van der Waals surface area contributed by atoms with Gasteiger partial charge in [-0.25, -0.2) is 23.7 Å². The van der Waals surface area contributed by atoms with E-state index >= 15 is 0 Å². The number of Topliss-reactive ketones (excluding diaryl/α,β-unsaturated/α-hetero) is 1. The first-order chi connectivity index (χ1) is 25.5. The van der Waals surface area contributed by atoms with Crippen molar-refractivity contribution >= 4 is 16.8 Å². The first-order valence-electron chi connectivity index (χ1n) is 19.4. The molecule has 2 aromatic heterocycles. The molecule has 0 spiro atoms. The van der Waals surface area contributed by atoms with Crippen LogP contribution in [0.2, 0.25) is 0 Å². The van der Waals surface area contributed by atoms with E-state index in [1.54, 1.807) is 6.92 Å². The number of aromatic nitrogens is 3. The molecule has 11 heteroatoms. The van der Waals surface area contributed by atoms with Crippen molar-refractivity contribution in [1.29, 1.82) is 0 Å². The molecular weight excluding hydrogens is 670 g/mol. The van der Waals surface area contributed by atoms with Crippen molar-refractivity contribution in [1.82, 2.24) is 34.4 Å². The number of hydrogen-bond acceptors (Lipinski definition) is 8. The van der Waals surface area contributed by atoms with E-state index in [-0.39, 0.29) is 28.4 Å². The van der Waals surface area contributed by atoms with Gasteiger partial charge in [0.1, 0.15) is 5.82 Å². The average Bonchev–Trinajstić information content (AvgIpc) is 4.00. The second kappa shape index (κ2) is 17.0. The molecule has 1 N–H and O–H groups in total. The summed E-state index contributed by atoms with van der Waals surface area (Å²) in [5.74, 6) is 0.235. The van der Waals surface area contributed by atoms with Crippen LogP contribution in [0.5, 0.6) is 0 Å². The molecule has 0 radical (unpaired) electrons. The first kappa shape index (κ1) is 38.7. The molecule has 2 aromatic carbocycles. The molecule has 3 fully saturated rings. The number of pyridine rings is 1. The lowest BCUT2D eigenvalue weighted by atomic mass is 10.0. The number of nitrogens with one attached hydrogen (secondary N) is 1. The second-order valence-corrected chi connectivity index (χ2v) is 15.3. The lowest BCUT2D eigenvalue weighted by Gasteiger charge is -2.34. The van der Waals surface area contributed by atoms with Gasteiger partial charge in [0.2, 0.25) is 0 Å². The van der Waals surface area contributed by atoms with Gasteiger partial charge in [0.15, 0.2) is 11.4 Å². The van der Waals surface area contributed by atoms with E-state index in [4.69, 9.17) is 0 Å². The highest BCUT2D eigenvalue weighted by Crippen LogP contribution is 2.40. The maximum absolute atomic E-state index is 14.4. The van der Waals surface area contributed by atoms with E-state index in [9.17, 15) is 18.8 Å². The lowest BCUT2D eigenvalue weighted by Crippen LogP contribution is -2.46. The third-order valence-corrected chi connectivity index (χ3v) is 11.6. The van der Waals surface area contributed by atoms with Crippen LogP contribution in [-0.2, 0) is 11.3 Å². The fourth-order valence-corrected chi connectivity index (χ4v) is 8.09. The maximum Gasteiger partial charge on any atom is 0.337 e. The zero-order valence-corrected chi connectivity index (χ0v) is 32.1. The van der Waals surface area contributed by atoms with E-state index in [1.807, 2.05) is 43.4 Å². The SMILES string of the molecule is CCCN1CCN(Cc2ccc(-c3cccc(-n4c(=O)n(C5CCCC(C)CC5)c(=O)c5cc(F)cnc54)c3)cc2)CC1.CNN(C)C1(C(C)=O)CC1. The number of halogens is 1.